The van der Waals surface area contributed by atoms with E-state index in [1.807, 2.05) is 0 Å². The maximum atomic E-state index is 11.6. The number of nitrogens with zero attached hydrogens (tertiary/aromatic N) is 4. The average Bonchev–Trinajstić information content (AvgIpc) is 2.91. The van der Waals surface area contributed by atoms with Crippen LogP contribution in [0.25, 0.3) is 0 Å². The third kappa shape index (κ3) is 2.31. The highest BCUT2D eigenvalue weighted by Crippen LogP contribution is 2.34. The molecule has 1 aromatic heterocycles. The molecule has 0 bridgehead atoms. The largest absolute Gasteiger partial charge is 0.386 e. The van der Waals surface area contributed by atoms with Crippen molar-refractivity contribution >= 4 is 17.6 Å². The van der Waals surface area contributed by atoms with Crippen LogP contribution in [0, 0.1) is 0 Å². The number of hydrogen-bond acceptors (Lipinski definition) is 6. The smallest absolute Gasteiger partial charge is 0.268 e. The van der Waals surface area contributed by atoms with Crippen LogP contribution in [0.4, 0.5) is 5.95 Å². The molecule has 2 aliphatic heterocycles. The van der Waals surface area contributed by atoms with Crippen LogP contribution in [0.2, 0.25) is 0 Å². The minimum absolute atomic E-state index is 0.171. The number of aromatic nitrogens is 2. The number of carbonyl (C=O) groups is 1. The highest BCUT2D eigenvalue weighted by atomic mass is 16.7. The number of oxime groups is 1. The van der Waals surface area contributed by atoms with Gasteiger partial charge in [-0.05, 0) is 18.9 Å². The lowest BCUT2D eigenvalue weighted by Crippen LogP contribution is -2.49. The summed E-state index contributed by atoms with van der Waals surface area (Å²) in [5.74, 6) is 0.526. The van der Waals surface area contributed by atoms with Crippen LogP contribution in [0.15, 0.2) is 23.6 Å². The Hall–Kier alpha value is -2.18. The normalized spacial score (nSPS) is 25.2. The predicted molar refractivity (Wildman–Crippen MR) is 73.4 cm³/mol. The van der Waals surface area contributed by atoms with Gasteiger partial charge < -0.3 is 15.1 Å². The highest BCUT2D eigenvalue weighted by Gasteiger charge is 2.44. The fourth-order valence-electron chi connectivity index (χ4n) is 2.73. The van der Waals surface area contributed by atoms with Gasteiger partial charge in [0.05, 0.1) is 6.54 Å². The molecule has 0 radical (unpaired) electrons. The van der Waals surface area contributed by atoms with E-state index in [4.69, 9.17) is 4.84 Å². The van der Waals surface area contributed by atoms with Gasteiger partial charge in [0.25, 0.3) is 5.91 Å². The Balaban J connectivity index is 1.72. The van der Waals surface area contributed by atoms with E-state index in [2.05, 4.69) is 25.3 Å². The minimum atomic E-state index is -0.417. The summed E-state index contributed by atoms with van der Waals surface area (Å²) in [6.07, 6.45) is 5.85. The summed E-state index contributed by atoms with van der Waals surface area (Å²) in [6, 6.07) is 1.79. The molecule has 106 valence electrons. The van der Waals surface area contributed by atoms with Gasteiger partial charge in [-0.1, -0.05) is 5.16 Å². The number of piperidine rings is 1. The number of nitrogens with one attached hydrogen (secondary N) is 1. The van der Waals surface area contributed by atoms with Gasteiger partial charge in [-0.2, -0.15) is 0 Å². The fraction of sp³-hybridized carbons (Fsp3) is 0.538. The van der Waals surface area contributed by atoms with Crippen LogP contribution in [-0.4, -0.2) is 47.3 Å². The van der Waals surface area contributed by atoms with E-state index >= 15 is 0 Å². The molecule has 3 rings (SSSR count). The Labute approximate surface area is 117 Å². The van der Waals surface area contributed by atoms with E-state index in [-0.39, 0.29) is 5.91 Å². The molecule has 0 unspecified atom stereocenters. The third-order valence-electron chi connectivity index (χ3n) is 3.70. The maximum Gasteiger partial charge on any atom is 0.268 e. The zero-order chi connectivity index (χ0) is 14.0. The molecule has 1 fully saturated rings. The number of rotatable bonds is 2. The summed E-state index contributed by atoms with van der Waals surface area (Å²) in [4.78, 5) is 27.9. The van der Waals surface area contributed by atoms with E-state index in [1.54, 1.807) is 25.5 Å². The average molecular weight is 275 g/mol. The molecule has 3 heterocycles. The Morgan fingerprint density at radius 2 is 2.25 bits per heavy atom. The molecule has 7 heteroatoms. The summed E-state index contributed by atoms with van der Waals surface area (Å²) in [5, 5.41) is 6.53. The predicted octanol–water partition coefficient (Wildman–Crippen LogP) is 0.338. The lowest BCUT2D eigenvalue weighted by molar-refractivity contribution is -0.114. The maximum absolute atomic E-state index is 11.6. The van der Waals surface area contributed by atoms with Crippen LogP contribution in [0.3, 0.4) is 0 Å². The first-order chi connectivity index (χ1) is 9.72. The molecule has 7 nitrogen and oxygen atoms in total. The molecule has 1 amide bonds. The van der Waals surface area contributed by atoms with Gasteiger partial charge in [0.2, 0.25) is 5.95 Å². The molecule has 0 saturated carbocycles. The van der Waals surface area contributed by atoms with Crippen molar-refractivity contribution in [3.05, 3.63) is 18.5 Å². The number of anilines is 1. The van der Waals surface area contributed by atoms with Gasteiger partial charge >= 0.3 is 0 Å². The summed E-state index contributed by atoms with van der Waals surface area (Å²) >= 11 is 0. The van der Waals surface area contributed by atoms with E-state index in [0.717, 1.165) is 19.4 Å². The molecular formula is C13H17N5O2. The van der Waals surface area contributed by atoms with E-state index in [9.17, 15) is 4.79 Å². The molecule has 20 heavy (non-hydrogen) atoms. The van der Waals surface area contributed by atoms with Crippen molar-refractivity contribution in [1.82, 2.24) is 15.3 Å². The zero-order valence-corrected chi connectivity index (χ0v) is 11.4. The number of hydrogen-bond donors (Lipinski definition) is 1. The Kier molecular flexibility index (Phi) is 3.25. The van der Waals surface area contributed by atoms with Crippen LogP contribution in [0.1, 0.15) is 19.3 Å². The third-order valence-corrected chi connectivity index (χ3v) is 3.70. The van der Waals surface area contributed by atoms with Crippen molar-refractivity contribution in [2.75, 3.05) is 25.0 Å². The van der Waals surface area contributed by atoms with Gasteiger partial charge in [-0.15, -0.1) is 0 Å². The molecule has 1 aromatic rings. The van der Waals surface area contributed by atoms with Gasteiger partial charge in [0, 0.05) is 32.4 Å². The highest BCUT2D eigenvalue weighted by molar-refractivity contribution is 6.39. The Morgan fingerprint density at radius 3 is 3.00 bits per heavy atom. The van der Waals surface area contributed by atoms with Gasteiger partial charge in [-0.3, -0.25) is 4.79 Å². The van der Waals surface area contributed by atoms with Gasteiger partial charge in [0.1, 0.15) is 5.71 Å². The first-order valence-electron chi connectivity index (χ1n) is 6.71. The summed E-state index contributed by atoms with van der Waals surface area (Å²) in [5.41, 5.74) is 0.0441. The first-order valence-corrected chi connectivity index (χ1v) is 6.71. The van der Waals surface area contributed by atoms with Crippen LogP contribution in [0.5, 0.6) is 0 Å². The van der Waals surface area contributed by atoms with Crippen molar-refractivity contribution in [1.29, 1.82) is 0 Å². The van der Waals surface area contributed by atoms with Crippen molar-refractivity contribution in [3.8, 4) is 0 Å². The van der Waals surface area contributed by atoms with Crippen LogP contribution < -0.4 is 10.2 Å². The fourth-order valence-corrected chi connectivity index (χ4v) is 2.73. The molecule has 2 aliphatic rings. The van der Waals surface area contributed by atoms with Crippen molar-refractivity contribution in [2.24, 2.45) is 5.16 Å². The summed E-state index contributed by atoms with van der Waals surface area (Å²) in [7, 11) is 1.60. The molecule has 0 aromatic carbocycles. The lowest BCUT2D eigenvalue weighted by Gasteiger charge is -2.38. The van der Waals surface area contributed by atoms with Crippen molar-refractivity contribution in [2.45, 2.75) is 24.9 Å². The van der Waals surface area contributed by atoms with E-state index in [1.165, 1.54) is 0 Å². The molecule has 1 atom stereocenters. The van der Waals surface area contributed by atoms with Crippen molar-refractivity contribution < 1.29 is 9.63 Å². The SMILES string of the molecule is CNC(=O)C1=NO[C@@]2(CCCN(c3ncccn3)C2)C1. The number of amides is 1. The summed E-state index contributed by atoms with van der Waals surface area (Å²) in [6.45, 7) is 1.55. The lowest BCUT2D eigenvalue weighted by atomic mass is 9.88. The Bertz CT molecular complexity index is 533. The van der Waals surface area contributed by atoms with Crippen LogP contribution in [-0.2, 0) is 9.63 Å². The van der Waals surface area contributed by atoms with Gasteiger partial charge in [-0.25, -0.2) is 9.97 Å². The summed E-state index contributed by atoms with van der Waals surface area (Å²) < 4.78 is 0. The number of carbonyl (C=O) groups excluding carboxylic acids is 1. The quantitative estimate of drug-likeness (QED) is 0.842. The van der Waals surface area contributed by atoms with Crippen molar-refractivity contribution in [3.63, 3.8) is 0 Å². The van der Waals surface area contributed by atoms with E-state index in [0.29, 0.717) is 24.6 Å². The second kappa shape index (κ2) is 5.07. The standard InChI is InChI=1S/C13H17N5O2/c1-14-11(19)10-8-13(20-17-10)4-2-7-18(9-13)12-15-5-3-6-16-12/h3,5-6H,2,4,7-9H2,1H3,(H,14,19)/t13-/m0/s1. The molecule has 0 aliphatic carbocycles. The molecular weight excluding hydrogens is 258 g/mol. The van der Waals surface area contributed by atoms with Gasteiger partial charge in [0.15, 0.2) is 5.60 Å². The first kappa shape index (κ1) is 12.8. The second-order valence-electron chi connectivity index (χ2n) is 5.14. The minimum Gasteiger partial charge on any atom is -0.386 e. The van der Waals surface area contributed by atoms with Crippen LogP contribution >= 0.6 is 0 Å². The topological polar surface area (TPSA) is 79.7 Å². The monoisotopic (exact) mass is 275 g/mol. The zero-order valence-electron chi connectivity index (χ0n) is 11.4. The van der Waals surface area contributed by atoms with E-state index < -0.39 is 5.60 Å². The Morgan fingerprint density at radius 1 is 1.45 bits per heavy atom. The second-order valence-corrected chi connectivity index (χ2v) is 5.14. The molecule has 1 spiro atoms. The molecule has 1 saturated heterocycles. The molecule has 1 N–H and O–H groups in total.